The van der Waals surface area contributed by atoms with Gasteiger partial charge in [0.05, 0.1) is 31.6 Å². The number of carbonyl (C=O) groups is 1. The molecule has 110 valence electrons. The Hall–Kier alpha value is -2.15. The Labute approximate surface area is 121 Å². The molecule has 0 N–H and O–H groups in total. The standard InChI is InChI=1S/C14H16N4O3/c1-2-20-14(19)11-6-15-18-4-3-12(16-13(11)18)17-7-10-5-9(17)8-21-10/h3-4,6,9-10H,2,5,7-8H2,1H3/t9-,10-/m0/s1. The lowest BCUT2D eigenvalue weighted by Crippen LogP contribution is -2.37. The molecule has 0 radical (unpaired) electrons. The first-order chi connectivity index (χ1) is 10.3. The monoisotopic (exact) mass is 288 g/mol. The molecule has 7 heteroatoms. The molecular weight excluding hydrogens is 272 g/mol. The van der Waals surface area contributed by atoms with Gasteiger partial charge in [-0.15, -0.1) is 0 Å². The molecule has 2 atom stereocenters. The summed E-state index contributed by atoms with van der Waals surface area (Å²) >= 11 is 0. The zero-order chi connectivity index (χ0) is 14.4. The maximum atomic E-state index is 11.9. The van der Waals surface area contributed by atoms with Gasteiger partial charge < -0.3 is 14.4 Å². The fourth-order valence-electron chi connectivity index (χ4n) is 3.05. The van der Waals surface area contributed by atoms with Crippen LogP contribution in [0.5, 0.6) is 0 Å². The summed E-state index contributed by atoms with van der Waals surface area (Å²) in [5.74, 6) is 0.479. The average molecular weight is 288 g/mol. The Morgan fingerprint density at radius 2 is 2.48 bits per heavy atom. The van der Waals surface area contributed by atoms with Crippen molar-refractivity contribution in [2.45, 2.75) is 25.5 Å². The summed E-state index contributed by atoms with van der Waals surface area (Å²) < 4.78 is 12.2. The van der Waals surface area contributed by atoms with E-state index in [0.717, 1.165) is 25.4 Å². The Bertz CT molecular complexity index is 699. The lowest BCUT2D eigenvalue weighted by atomic mass is 10.2. The smallest absolute Gasteiger partial charge is 0.343 e. The molecule has 2 bridgehead atoms. The molecule has 2 aliphatic rings. The highest BCUT2D eigenvalue weighted by molar-refractivity contribution is 5.95. The van der Waals surface area contributed by atoms with Crippen molar-refractivity contribution in [3.05, 3.63) is 24.0 Å². The number of aromatic nitrogens is 3. The molecule has 0 unspecified atom stereocenters. The number of carbonyl (C=O) groups excluding carboxylic acids is 1. The van der Waals surface area contributed by atoms with Crippen LogP contribution in [-0.2, 0) is 9.47 Å². The largest absolute Gasteiger partial charge is 0.462 e. The number of ether oxygens (including phenoxy) is 2. The summed E-state index contributed by atoms with van der Waals surface area (Å²) in [4.78, 5) is 18.8. The summed E-state index contributed by atoms with van der Waals surface area (Å²) in [6.07, 6.45) is 4.69. The molecule has 0 aromatic carbocycles. The molecule has 0 spiro atoms. The zero-order valence-corrected chi connectivity index (χ0v) is 11.7. The topological polar surface area (TPSA) is 69.0 Å². The predicted molar refractivity (Wildman–Crippen MR) is 74.4 cm³/mol. The molecule has 2 aromatic rings. The van der Waals surface area contributed by atoms with Gasteiger partial charge in [-0.25, -0.2) is 14.3 Å². The van der Waals surface area contributed by atoms with E-state index in [-0.39, 0.29) is 5.97 Å². The van der Waals surface area contributed by atoms with Gasteiger partial charge in [-0.2, -0.15) is 5.10 Å². The summed E-state index contributed by atoms with van der Waals surface area (Å²) in [6.45, 7) is 3.73. The number of nitrogens with zero attached hydrogens (tertiary/aromatic N) is 4. The first-order valence-electron chi connectivity index (χ1n) is 7.16. The van der Waals surface area contributed by atoms with E-state index >= 15 is 0 Å². The minimum absolute atomic E-state index is 0.308. The maximum absolute atomic E-state index is 11.9. The fraction of sp³-hybridized carbons (Fsp3) is 0.500. The second kappa shape index (κ2) is 4.70. The molecule has 7 nitrogen and oxygen atoms in total. The number of rotatable bonds is 3. The Balaban J connectivity index is 1.71. The second-order valence-corrected chi connectivity index (χ2v) is 5.33. The molecule has 2 aliphatic heterocycles. The molecule has 4 rings (SSSR count). The van der Waals surface area contributed by atoms with Gasteiger partial charge in [0.25, 0.3) is 0 Å². The van der Waals surface area contributed by atoms with E-state index in [1.165, 1.54) is 6.20 Å². The zero-order valence-electron chi connectivity index (χ0n) is 11.7. The number of hydrogen-bond acceptors (Lipinski definition) is 6. The van der Waals surface area contributed by atoms with Gasteiger partial charge in [0, 0.05) is 12.7 Å². The molecule has 2 saturated heterocycles. The van der Waals surface area contributed by atoms with Gasteiger partial charge in [0.15, 0.2) is 5.65 Å². The van der Waals surface area contributed by atoms with Crippen molar-refractivity contribution in [2.24, 2.45) is 0 Å². The van der Waals surface area contributed by atoms with Crippen LogP contribution in [0.1, 0.15) is 23.7 Å². The van der Waals surface area contributed by atoms with Crippen LogP contribution in [0.3, 0.4) is 0 Å². The number of morpholine rings is 1. The third-order valence-corrected chi connectivity index (χ3v) is 4.04. The first kappa shape index (κ1) is 12.6. The first-order valence-corrected chi connectivity index (χ1v) is 7.16. The number of esters is 1. The lowest BCUT2D eigenvalue weighted by molar-refractivity contribution is 0.0528. The molecule has 4 heterocycles. The summed E-state index contributed by atoms with van der Waals surface area (Å²) in [5, 5.41) is 4.15. The van der Waals surface area contributed by atoms with Crippen LogP contribution in [0.4, 0.5) is 5.82 Å². The van der Waals surface area contributed by atoms with Crippen molar-refractivity contribution >= 4 is 17.4 Å². The van der Waals surface area contributed by atoms with Crippen molar-refractivity contribution in [3.8, 4) is 0 Å². The van der Waals surface area contributed by atoms with Gasteiger partial charge in [0.2, 0.25) is 0 Å². The molecule has 0 aliphatic carbocycles. The molecule has 0 amide bonds. The minimum atomic E-state index is -0.386. The van der Waals surface area contributed by atoms with E-state index < -0.39 is 0 Å². The van der Waals surface area contributed by atoms with E-state index in [9.17, 15) is 4.79 Å². The molecule has 2 fully saturated rings. The van der Waals surface area contributed by atoms with Gasteiger partial charge in [-0.1, -0.05) is 0 Å². The summed E-state index contributed by atoms with van der Waals surface area (Å²) in [6, 6.07) is 2.31. The van der Waals surface area contributed by atoms with Gasteiger partial charge >= 0.3 is 5.97 Å². The summed E-state index contributed by atoms with van der Waals surface area (Å²) in [5.41, 5.74) is 0.939. The van der Waals surface area contributed by atoms with Crippen molar-refractivity contribution < 1.29 is 14.3 Å². The van der Waals surface area contributed by atoms with Crippen molar-refractivity contribution in [1.82, 2.24) is 14.6 Å². The minimum Gasteiger partial charge on any atom is -0.462 e. The number of fused-ring (bicyclic) bond motifs is 3. The molecule has 2 aromatic heterocycles. The second-order valence-electron chi connectivity index (χ2n) is 5.33. The Morgan fingerprint density at radius 1 is 1.57 bits per heavy atom. The number of anilines is 1. The maximum Gasteiger partial charge on any atom is 0.343 e. The Kier molecular flexibility index (Phi) is 2.81. The van der Waals surface area contributed by atoms with E-state index in [4.69, 9.17) is 9.47 Å². The van der Waals surface area contributed by atoms with E-state index in [1.807, 2.05) is 12.3 Å². The predicted octanol–water partition coefficient (Wildman–Crippen LogP) is 0.883. The summed E-state index contributed by atoms with van der Waals surface area (Å²) in [7, 11) is 0. The third kappa shape index (κ3) is 1.96. The van der Waals surface area contributed by atoms with Gasteiger partial charge in [-0.05, 0) is 19.4 Å². The van der Waals surface area contributed by atoms with Crippen LogP contribution in [0.25, 0.3) is 5.65 Å². The Morgan fingerprint density at radius 3 is 3.19 bits per heavy atom. The molecule has 21 heavy (non-hydrogen) atoms. The van der Waals surface area contributed by atoms with Crippen molar-refractivity contribution in [2.75, 3.05) is 24.7 Å². The van der Waals surface area contributed by atoms with E-state index in [2.05, 4.69) is 15.0 Å². The lowest BCUT2D eigenvalue weighted by Gasteiger charge is -2.27. The molecule has 0 saturated carbocycles. The van der Waals surface area contributed by atoms with Crippen LogP contribution >= 0.6 is 0 Å². The SMILES string of the molecule is CCOC(=O)c1cnn2ccc(N3C[C@@H]4C[C@H]3CO4)nc12. The molecular formula is C14H16N4O3. The van der Waals surface area contributed by atoms with Crippen LogP contribution in [-0.4, -0.2) is 52.5 Å². The highest BCUT2D eigenvalue weighted by Crippen LogP contribution is 2.31. The van der Waals surface area contributed by atoms with Crippen LogP contribution in [0.2, 0.25) is 0 Å². The van der Waals surface area contributed by atoms with Gasteiger partial charge in [-0.3, -0.25) is 0 Å². The third-order valence-electron chi connectivity index (χ3n) is 4.04. The van der Waals surface area contributed by atoms with Crippen molar-refractivity contribution in [1.29, 1.82) is 0 Å². The number of hydrogen-bond donors (Lipinski definition) is 0. The highest BCUT2D eigenvalue weighted by atomic mass is 16.5. The van der Waals surface area contributed by atoms with Crippen LogP contribution < -0.4 is 4.90 Å². The van der Waals surface area contributed by atoms with E-state index in [1.54, 1.807) is 11.4 Å². The van der Waals surface area contributed by atoms with Gasteiger partial charge in [0.1, 0.15) is 11.4 Å². The normalized spacial score (nSPS) is 24.0. The highest BCUT2D eigenvalue weighted by Gasteiger charge is 2.39. The fourth-order valence-corrected chi connectivity index (χ4v) is 3.05. The average Bonchev–Trinajstić information content (AvgIpc) is 3.21. The quantitative estimate of drug-likeness (QED) is 0.781. The van der Waals surface area contributed by atoms with Crippen molar-refractivity contribution in [3.63, 3.8) is 0 Å². The van der Waals surface area contributed by atoms with E-state index in [0.29, 0.717) is 30.0 Å². The van der Waals surface area contributed by atoms with Crippen LogP contribution in [0.15, 0.2) is 18.5 Å². The van der Waals surface area contributed by atoms with Crippen LogP contribution in [0, 0.1) is 0 Å².